The number of carbonyl (C=O) groups excluding carboxylic acids is 1. The van der Waals surface area contributed by atoms with Gasteiger partial charge in [0.1, 0.15) is 5.75 Å². The monoisotopic (exact) mass is 424 g/mol. The molecule has 5 nitrogen and oxygen atoms in total. The van der Waals surface area contributed by atoms with Crippen molar-refractivity contribution in [3.05, 3.63) is 28.2 Å². The third kappa shape index (κ3) is 3.50. The molecule has 1 fully saturated rings. The van der Waals surface area contributed by atoms with Gasteiger partial charge in [-0.1, -0.05) is 29.6 Å². The number of rotatable bonds is 3. The van der Waals surface area contributed by atoms with Gasteiger partial charge in [0.2, 0.25) is 0 Å². The van der Waals surface area contributed by atoms with Gasteiger partial charge in [0.25, 0.3) is 11.6 Å². The van der Waals surface area contributed by atoms with Gasteiger partial charge in [0.15, 0.2) is 6.10 Å². The van der Waals surface area contributed by atoms with Crippen LogP contribution in [0.15, 0.2) is 23.3 Å². The van der Waals surface area contributed by atoms with E-state index in [9.17, 15) is 23.1 Å². The second kappa shape index (κ2) is 7.14. The maximum Gasteiger partial charge on any atom is 0.439 e. The number of halogens is 5. The molecule has 1 aromatic rings. The smallest absolute Gasteiger partial charge is 0.439 e. The Morgan fingerprint density at radius 2 is 2.11 bits per heavy atom. The summed E-state index contributed by atoms with van der Waals surface area (Å²) in [7, 11) is 0. The molecule has 1 aliphatic heterocycles. The number of benzene rings is 1. The van der Waals surface area contributed by atoms with Crippen LogP contribution in [0.2, 0.25) is 10.0 Å². The van der Waals surface area contributed by atoms with E-state index < -0.39 is 29.8 Å². The minimum atomic E-state index is -5.06. The van der Waals surface area contributed by atoms with E-state index >= 15 is 0 Å². The number of hydrogen-bond acceptors (Lipinski definition) is 4. The first-order valence-electron chi connectivity index (χ1n) is 8.38. The zero-order chi connectivity index (χ0) is 20.0. The Labute approximate surface area is 163 Å². The molecule has 1 N–H and O–H groups in total. The lowest BCUT2D eigenvalue weighted by atomic mass is 9.80. The first-order valence-corrected chi connectivity index (χ1v) is 9.13. The summed E-state index contributed by atoms with van der Waals surface area (Å²) in [5.41, 5.74) is -3.19. The third-order valence-electron chi connectivity index (χ3n) is 4.79. The van der Waals surface area contributed by atoms with Crippen LogP contribution < -0.4 is 4.74 Å². The minimum Gasteiger partial charge on any atom is -0.479 e. The van der Waals surface area contributed by atoms with Crippen molar-refractivity contribution in [2.24, 2.45) is 11.0 Å². The van der Waals surface area contributed by atoms with Crippen LogP contribution in [0.5, 0.6) is 5.75 Å². The molecule has 1 heterocycles. The molecule has 0 bridgehead atoms. The van der Waals surface area contributed by atoms with Gasteiger partial charge in [-0.25, -0.2) is 0 Å². The number of hydrazone groups is 1. The van der Waals surface area contributed by atoms with Gasteiger partial charge in [-0.15, -0.1) is 0 Å². The molecule has 2 aliphatic rings. The number of fused-ring (bicyclic) bond motifs is 1. The predicted molar refractivity (Wildman–Crippen MR) is 93.8 cm³/mol. The van der Waals surface area contributed by atoms with Crippen LogP contribution in [0.25, 0.3) is 0 Å². The Balaban J connectivity index is 1.88. The van der Waals surface area contributed by atoms with Crippen LogP contribution in [-0.4, -0.2) is 39.7 Å². The molecule has 0 aromatic heterocycles. The van der Waals surface area contributed by atoms with Gasteiger partial charge in [0.05, 0.1) is 10.9 Å². The normalized spacial score (nSPS) is 26.4. The number of amides is 1. The Kier molecular flexibility index (Phi) is 5.35. The number of aliphatic hydroxyl groups is 1. The molecular weight excluding hydrogens is 408 g/mol. The largest absolute Gasteiger partial charge is 0.479 e. The number of carbonyl (C=O) groups is 1. The second-order valence-corrected chi connectivity index (χ2v) is 7.44. The van der Waals surface area contributed by atoms with Gasteiger partial charge in [0, 0.05) is 10.7 Å². The van der Waals surface area contributed by atoms with E-state index in [0.717, 1.165) is 0 Å². The molecule has 1 aromatic carbocycles. The summed E-state index contributed by atoms with van der Waals surface area (Å²) in [6.07, 6.45) is -4.81. The van der Waals surface area contributed by atoms with E-state index in [-0.39, 0.29) is 27.9 Å². The molecule has 27 heavy (non-hydrogen) atoms. The highest BCUT2D eigenvalue weighted by atomic mass is 35.5. The van der Waals surface area contributed by atoms with Gasteiger partial charge < -0.3 is 9.84 Å². The second-order valence-electron chi connectivity index (χ2n) is 6.60. The van der Waals surface area contributed by atoms with Gasteiger partial charge in [-0.05, 0) is 44.4 Å². The third-order valence-corrected chi connectivity index (χ3v) is 5.32. The summed E-state index contributed by atoms with van der Waals surface area (Å²) >= 11 is 11.8. The molecule has 1 amide bonds. The van der Waals surface area contributed by atoms with E-state index in [2.05, 4.69) is 5.10 Å². The highest BCUT2D eigenvalue weighted by molar-refractivity contribution is 6.35. The standard InChI is InChI=1S/C17H17Cl2F3N2O3/c1-9(27-14-7-6-10(18)8-12(14)19)15(25)24-16(26,17(20,21)22)11-4-2-3-5-13(11)23-24/h6-9,11,26H,2-5H2,1H3/t9-,11-,16-/m0/s1. The van der Waals surface area contributed by atoms with Crippen molar-refractivity contribution in [3.8, 4) is 5.75 Å². The fourth-order valence-electron chi connectivity index (χ4n) is 3.42. The van der Waals surface area contributed by atoms with Crippen LogP contribution >= 0.6 is 23.2 Å². The molecule has 3 rings (SSSR count). The summed E-state index contributed by atoms with van der Waals surface area (Å²) in [4.78, 5) is 12.7. The predicted octanol–water partition coefficient (Wildman–Crippen LogP) is 4.40. The zero-order valence-electron chi connectivity index (χ0n) is 14.3. The van der Waals surface area contributed by atoms with Crippen LogP contribution in [-0.2, 0) is 4.79 Å². The summed E-state index contributed by atoms with van der Waals surface area (Å²) in [6, 6.07) is 4.25. The van der Waals surface area contributed by atoms with Gasteiger partial charge in [-0.3, -0.25) is 4.79 Å². The Morgan fingerprint density at radius 1 is 1.41 bits per heavy atom. The van der Waals surface area contributed by atoms with Crippen molar-refractivity contribution in [1.82, 2.24) is 5.01 Å². The number of hydrogen-bond donors (Lipinski definition) is 1. The molecule has 3 atom stereocenters. The lowest BCUT2D eigenvalue weighted by Gasteiger charge is -2.38. The van der Waals surface area contributed by atoms with Crippen molar-refractivity contribution < 1.29 is 27.8 Å². The van der Waals surface area contributed by atoms with E-state index in [4.69, 9.17) is 27.9 Å². The average Bonchev–Trinajstić information content (AvgIpc) is 2.91. The molecule has 0 spiro atoms. The Hall–Kier alpha value is -1.51. The van der Waals surface area contributed by atoms with E-state index in [1.807, 2.05) is 0 Å². The Bertz CT molecular complexity index is 787. The maximum atomic E-state index is 13.7. The lowest BCUT2D eigenvalue weighted by molar-refractivity contribution is -0.318. The first-order chi connectivity index (χ1) is 12.6. The van der Waals surface area contributed by atoms with Crippen molar-refractivity contribution >= 4 is 34.8 Å². The quantitative estimate of drug-likeness (QED) is 0.781. The summed E-state index contributed by atoms with van der Waals surface area (Å²) in [5.74, 6) is -2.29. The topological polar surface area (TPSA) is 62.1 Å². The SMILES string of the molecule is C[C@H](Oc1ccc(Cl)cc1Cl)C(=O)N1N=C2CCCC[C@@H]2[C@]1(O)C(F)(F)F. The van der Waals surface area contributed by atoms with Crippen LogP contribution in [0, 0.1) is 5.92 Å². The number of ether oxygens (including phenoxy) is 1. The van der Waals surface area contributed by atoms with Crippen molar-refractivity contribution in [3.63, 3.8) is 0 Å². The molecule has 1 aliphatic carbocycles. The fraction of sp³-hybridized carbons (Fsp3) is 0.529. The van der Waals surface area contributed by atoms with Crippen LogP contribution in [0.1, 0.15) is 32.6 Å². The lowest BCUT2D eigenvalue weighted by Crippen LogP contribution is -2.62. The van der Waals surface area contributed by atoms with Gasteiger partial charge in [-0.2, -0.15) is 23.3 Å². The Morgan fingerprint density at radius 3 is 2.74 bits per heavy atom. The van der Waals surface area contributed by atoms with Crippen LogP contribution in [0.4, 0.5) is 13.2 Å². The molecule has 0 radical (unpaired) electrons. The number of alkyl halides is 3. The maximum absolute atomic E-state index is 13.7. The summed E-state index contributed by atoms with van der Waals surface area (Å²) in [5, 5.41) is 14.9. The average molecular weight is 425 g/mol. The fourth-order valence-corrected chi connectivity index (χ4v) is 3.87. The first kappa shape index (κ1) is 20.2. The van der Waals surface area contributed by atoms with E-state index in [1.54, 1.807) is 0 Å². The molecule has 1 saturated carbocycles. The molecule has 148 valence electrons. The minimum absolute atomic E-state index is 0.0849. The molecule has 0 unspecified atom stereocenters. The van der Waals surface area contributed by atoms with Crippen LogP contribution in [0.3, 0.4) is 0 Å². The molecular formula is C17H17Cl2F3N2O3. The highest BCUT2D eigenvalue weighted by Crippen LogP contribution is 2.48. The molecule has 0 saturated heterocycles. The van der Waals surface area contributed by atoms with Gasteiger partial charge >= 0.3 is 6.18 Å². The highest BCUT2D eigenvalue weighted by Gasteiger charge is 2.68. The van der Waals surface area contributed by atoms with E-state index in [0.29, 0.717) is 24.3 Å². The zero-order valence-corrected chi connectivity index (χ0v) is 15.8. The van der Waals surface area contributed by atoms with Crippen molar-refractivity contribution in [1.29, 1.82) is 0 Å². The van der Waals surface area contributed by atoms with Crippen molar-refractivity contribution in [2.45, 2.75) is 50.6 Å². The van der Waals surface area contributed by atoms with Crippen molar-refractivity contribution in [2.75, 3.05) is 0 Å². The summed E-state index contributed by atoms with van der Waals surface area (Å²) in [6.45, 7) is 1.27. The van der Waals surface area contributed by atoms with E-state index in [1.165, 1.54) is 25.1 Å². The number of nitrogens with zero attached hydrogens (tertiary/aromatic N) is 2. The molecule has 10 heteroatoms. The summed E-state index contributed by atoms with van der Waals surface area (Å²) < 4.78 is 46.6.